The van der Waals surface area contributed by atoms with Crippen LogP contribution in [0.5, 0.6) is 11.5 Å². The van der Waals surface area contributed by atoms with Gasteiger partial charge in [-0.1, -0.05) is 46.0 Å². The molecule has 1 unspecified atom stereocenters. The number of hydrogen-bond acceptors (Lipinski definition) is 6. The minimum absolute atomic E-state index is 0.138. The maximum atomic E-state index is 12.4. The van der Waals surface area contributed by atoms with E-state index in [2.05, 4.69) is 13.8 Å². The highest BCUT2D eigenvalue weighted by molar-refractivity contribution is 5.92. The zero-order valence-corrected chi connectivity index (χ0v) is 20.5. The standard InChI is InChI=1S/C28H36O6/c1-4-6-8-10-11-21(3)32-27(30)22-15-19-25(20-16-22)34-28(31)23-13-17-24(18-14-23)33-26(29)12-9-7-5-2/h13-21H,4-12H2,1-3H3. The minimum Gasteiger partial charge on any atom is -0.459 e. The van der Waals surface area contributed by atoms with Crippen molar-refractivity contribution >= 4 is 17.9 Å². The van der Waals surface area contributed by atoms with Gasteiger partial charge in [0.2, 0.25) is 0 Å². The van der Waals surface area contributed by atoms with Gasteiger partial charge in [-0.2, -0.15) is 0 Å². The molecule has 34 heavy (non-hydrogen) atoms. The van der Waals surface area contributed by atoms with Crippen LogP contribution in [-0.4, -0.2) is 24.0 Å². The number of hydrogen-bond donors (Lipinski definition) is 0. The van der Waals surface area contributed by atoms with Crippen LogP contribution >= 0.6 is 0 Å². The SMILES string of the molecule is CCCCCCC(C)OC(=O)c1ccc(OC(=O)c2ccc(OC(=O)CCCCC)cc2)cc1. The lowest BCUT2D eigenvalue weighted by Gasteiger charge is -2.13. The lowest BCUT2D eigenvalue weighted by atomic mass is 10.1. The van der Waals surface area contributed by atoms with Gasteiger partial charge in [0.05, 0.1) is 17.2 Å². The third-order valence-electron chi connectivity index (χ3n) is 5.38. The van der Waals surface area contributed by atoms with Crippen molar-refractivity contribution in [2.24, 2.45) is 0 Å². The van der Waals surface area contributed by atoms with Crippen LogP contribution in [0.3, 0.4) is 0 Å². The van der Waals surface area contributed by atoms with E-state index in [1.165, 1.54) is 12.8 Å². The fourth-order valence-electron chi connectivity index (χ4n) is 3.35. The first kappa shape index (κ1) is 27.1. The van der Waals surface area contributed by atoms with E-state index in [1.54, 1.807) is 48.5 Å². The minimum atomic E-state index is -0.545. The van der Waals surface area contributed by atoms with E-state index in [9.17, 15) is 14.4 Å². The molecule has 0 radical (unpaired) electrons. The van der Waals surface area contributed by atoms with E-state index in [-0.39, 0.29) is 18.0 Å². The molecule has 0 saturated heterocycles. The molecule has 0 N–H and O–H groups in total. The Morgan fingerprint density at radius 2 is 1.21 bits per heavy atom. The zero-order chi connectivity index (χ0) is 24.8. The normalized spacial score (nSPS) is 11.5. The summed E-state index contributed by atoms with van der Waals surface area (Å²) in [5, 5.41) is 0. The van der Waals surface area contributed by atoms with Crippen LogP contribution in [0.4, 0.5) is 0 Å². The molecule has 0 spiro atoms. The van der Waals surface area contributed by atoms with Gasteiger partial charge in [0.1, 0.15) is 11.5 Å². The summed E-state index contributed by atoms with van der Waals surface area (Å²) in [7, 11) is 0. The monoisotopic (exact) mass is 468 g/mol. The van der Waals surface area contributed by atoms with Crippen LogP contribution in [0.2, 0.25) is 0 Å². The maximum Gasteiger partial charge on any atom is 0.343 e. The van der Waals surface area contributed by atoms with Crippen molar-refractivity contribution in [3.05, 3.63) is 59.7 Å². The highest BCUT2D eigenvalue weighted by atomic mass is 16.5. The molecule has 0 aromatic heterocycles. The van der Waals surface area contributed by atoms with Gasteiger partial charge in [-0.25, -0.2) is 9.59 Å². The summed E-state index contributed by atoms with van der Waals surface area (Å²) in [6, 6.07) is 12.5. The first-order valence-electron chi connectivity index (χ1n) is 12.3. The van der Waals surface area contributed by atoms with Gasteiger partial charge in [-0.15, -0.1) is 0 Å². The van der Waals surface area contributed by atoms with Crippen molar-refractivity contribution in [2.45, 2.75) is 84.7 Å². The quantitative estimate of drug-likeness (QED) is 0.170. The summed E-state index contributed by atoms with van der Waals surface area (Å²) >= 11 is 0. The molecule has 0 aliphatic rings. The molecule has 2 aromatic carbocycles. The second-order valence-electron chi connectivity index (χ2n) is 8.43. The van der Waals surface area contributed by atoms with Crippen LogP contribution in [0, 0.1) is 0 Å². The van der Waals surface area contributed by atoms with E-state index >= 15 is 0 Å². The number of esters is 3. The van der Waals surface area contributed by atoms with E-state index in [0.717, 1.165) is 38.5 Å². The molecule has 2 aromatic rings. The summed E-state index contributed by atoms with van der Waals surface area (Å²) in [5.41, 5.74) is 0.733. The Kier molecular flexibility index (Phi) is 11.9. The van der Waals surface area contributed by atoms with Crippen LogP contribution in [-0.2, 0) is 9.53 Å². The molecule has 0 aliphatic heterocycles. The number of ether oxygens (including phenoxy) is 3. The van der Waals surface area contributed by atoms with Crippen LogP contribution in [0.25, 0.3) is 0 Å². The summed E-state index contributed by atoms with van der Waals surface area (Å²) in [5.74, 6) is -0.507. The average Bonchev–Trinajstić information content (AvgIpc) is 2.83. The second kappa shape index (κ2) is 14.9. The van der Waals surface area contributed by atoms with Crippen molar-refractivity contribution in [1.82, 2.24) is 0 Å². The number of rotatable bonds is 14. The average molecular weight is 469 g/mol. The lowest BCUT2D eigenvalue weighted by Crippen LogP contribution is -2.15. The third-order valence-corrected chi connectivity index (χ3v) is 5.38. The fraction of sp³-hybridized carbons (Fsp3) is 0.464. The van der Waals surface area contributed by atoms with Gasteiger partial charge < -0.3 is 14.2 Å². The fourth-order valence-corrected chi connectivity index (χ4v) is 3.35. The van der Waals surface area contributed by atoms with Gasteiger partial charge in [-0.05, 0) is 74.7 Å². The molecule has 2 rings (SSSR count). The van der Waals surface area contributed by atoms with E-state index in [1.807, 2.05) is 6.92 Å². The molecule has 0 aliphatic carbocycles. The lowest BCUT2D eigenvalue weighted by molar-refractivity contribution is -0.134. The number of benzene rings is 2. The molecule has 0 saturated carbocycles. The highest BCUT2D eigenvalue weighted by Gasteiger charge is 2.14. The first-order chi connectivity index (χ1) is 16.4. The Morgan fingerprint density at radius 1 is 0.676 bits per heavy atom. The summed E-state index contributed by atoms with van der Waals surface area (Å²) in [4.78, 5) is 36.5. The Balaban J connectivity index is 1.82. The molecule has 0 bridgehead atoms. The zero-order valence-electron chi connectivity index (χ0n) is 20.5. The summed E-state index contributed by atoms with van der Waals surface area (Å²) in [6.45, 7) is 6.14. The number of carbonyl (C=O) groups is 3. The molecule has 6 nitrogen and oxygen atoms in total. The topological polar surface area (TPSA) is 78.9 Å². The van der Waals surface area contributed by atoms with E-state index in [0.29, 0.717) is 29.0 Å². The molecule has 0 heterocycles. The van der Waals surface area contributed by atoms with Crippen molar-refractivity contribution in [3.63, 3.8) is 0 Å². The Hall–Kier alpha value is -3.15. The summed E-state index contributed by atoms with van der Waals surface area (Å²) < 4.78 is 16.1. The van der Waals surface area contributed by atoms with Crippen LogP contribution in [0.15, 0.2) is 48.5 Å². The van der Waals surface area contributed by atoms with Gasteiger partial charge in [0.15, 0.2) is 0 Å². The van der Waals surface area contributed by atoms with Gasteiger partial charge in [0.25, 0.3) is 0 Å². The van der Waals surface area contributed by atoms with Crippen LogP contribution in [0.1, 0.15) is 99.3 Å². The molecule has 1 atom stereocenters. The Morgan fingerprint density at radius 3 is 1.79 bits per heavy atom. The highest BCUT2D eigenvalue weighted by Crippen LogP contribution is 2.18. The second-order valence-corrected chi connectivity index (χ2v) is 8.43. The Labute approximate surface area is 202 Å². The molecule has 6 heteroatoms. The number of carbonyl (C=O) groups excluding carboxylic acids is 3. The van der Waals surface area contributed by atoms with Crippen molar-refractivity contribution in [1.29, 1.82) is 0 Å². The summed E-state index contributed by atoms with van der Waals surface area (Å²) in [6.07, 6.45) is 8.45. The molecule has 0 fully saturated rings. The largest absolute Gasteiger partial charge is 0.459 e. The molecular weight excluding hydrogens is 432 g/mol. The first-order valence-corrected chi connectivity index (χ1v) is 12.3. The van der Waals surface area contributed by atoms with Crippen LogP contribution < -0.4 is 9.47 Å². The molecule has 0 amide bonds. The molecule has 184 valence electrons. The molecular formula is C28H36O6. The van der Waals surface area contributed by atoms with E-state index < -0.39 is 5.97 Å². The van der Waals surface area contributed by atoms with Crippen molar-refractivity contribution < 1.29 is 28.6 Å². The number of unbranched alkanes of at least 4 members (excludes halogenated alkanes) is 5. The van der Waals surface area contributed by atoms with Gasteiger partial charge >= 0.3 is 17.9 Å². The van der Waals surface area contributed by atoms with Crippen molar-refractivity contribution in [2.75, 3.05) is 0 Å². The smallest absolute Gasteiger partial charge is 0.343 e. The van der Waals surface area contributed by atoms with E-state index in [4.69, 9.17) is 14.2 Å². The third kappa shape index (κ3) is 9.77. The predicted molar refractivity (Wildman–Crippen MR) is 131 cm³/mol. The van der Waals surface area contributed by atoms with Gasteiger partial charge in [-0.3, -0.25) is 4.79 Å². The van der Waals surface area contributed by atoms with Crippen molar-refractivity contribution in [3.8, 4) is 11.5 Å². The maximum absolute atomic E-state index is 12.4. The Bertz CT molecular complexity index is 901. The van der Waals surface area contributed by atoms with Gasteiger partial charge in [0, 0.05) is 6.42 Å². The predicted octanol–water partition coefficient (Wildman–Crippen LogP) is 6.91.